The number of hydrogen-bond acceptors (Lipinski definition) is 4. The maximum absolute atomic E-state index is 12.8. The maximum atomic E-state index is 12.8. The van der Waals surface area contributed by atoms with E-state index in [0.717, 1.165) is 0 Å². The molecule has 1 aromatic carbocycles. The summed E-state index contributed by atoms with van der Waals surface area (Å²) in [6.07, 6.45) is 0.611. The van der Waals surface area contributed by atoms with Gasteiger partial charge in [0.25, 0.3) is 0 Å². The Balaban J connectivity index is 2.36. The van der Waals surface area contributed by atoms with Crippen molar-refractivity contribution in [3.63, 3.8) is 0 Å². The summed E-state index contributed by atoms with van der Waals surface area (Å²) in [7, 11) is -3.55. The molecule has 2 atom stereocenters. The van der Waals surface area contributed by atoms with Gasteiger partial charge in [-0.1, -0.05) is 19.1 Å². The summed E-state index contributed by atoms with van der Waals surface area (Å²) in [5.41, 5.74) is 0.598. The number of nitrogens with zero attached hydrogens (tertiary/aromatic N) is 1. The number of morpholine rings is 1. The van der Waals surface area contributed by atoms with Crippen molar-refractivity contribution in [3.8, 4) is 0 Å². The highest BCUT2D eigenvalue weighted by molar-refractivity contribution is 7.89. The third-order valence-electron chi connectivity index (χ3n) is 3.58. The van der Waals surface area contributed by atoms with Gasteiger partial charge in [-0.25, -0.2) is 8.42 Å². The molecule has 1 aliphatic rings. The summed E-state index contributed by atoms with van der Waals surface area (Å²) in [6.45, 7) is 4.45. The lowest BCUT2D eigenvalue weighted by Crippen LogP contribution is -2.51. The average molecular weight is 299 g/mol. The predicted molar refractivity (Wildman–Crippen MR) is 75.7 cm³/mol. The zero-order chi connectivity index (χ0) is 14.8. The van der Waals surface area contributed by atoms with Gasteiger partial charge in [0, 0.05) is 12.6 Å². The molecule has 0 aromatic heterocycles. The molecule has 2 rings (SSSR count). The minimum atomic E-state index is -3.55. The van der Waals surface area contributed by atoms with Crippen molar-refractivity contribution in [2.45, 2.75) is 43.9 Å². The molecule has 1 aromatic rings. The number of rotatable bonds is 4. The number of aliphatic hydroxyl groups excluding tert-OH is 1. The Labute approximate surface area is 120 Å². The van der Waals surface area contributed by atoms with Crippen LogP contribution in [0, 0.1) is 0 Å². The molecular weight excluding hydrogens is 278 g/mol. The first kappa shape index (κ1) is 15.4. The predicted octanol–water partition coefficient (Wildman–Crippen LogP) is 1.37. The van der Waals surface area contributed by atoms with Gasteiger partial charge >= 0.3 is 0 Å². The average Bonchev–Trinajstić information content (AvgIpc) is 2.47. The van der Waals surface area contributed by atoms with E-state index < -0.39 is 10.0 Å². The lowest BCUT2D eigenvalue weighted by molar-refractivity contribution is -0.0230. The molecule has 1 fully saturated rings. The third kappa shape index (κ3) is 3.03. The van der Waals surface area contributed by atoms with Crippen LogP contribution in [0.15, 0.2) is 29.2 Å². The molecule has 0 spiro atoms. The standard InChI is InChI=1S/C14H21NO4S/c1-3-13-10-19-11(2)8-15(13)20(17,18)14-6-4-5-12(7-14)9-16/h4-7,11,13,16H,3,8-10H2,1-2H3. The Morgan fingerprint density at radius 3 is 2.85 bits per heavy atom. The summed E-state index contributed by atoms with van der Waals surface area (Å²) in [5, 5.41) is 9.15. The molecule has 2 unspecified atom stereocenters. The second-order valence-electron chi connectivity index (χ2n) is 5.09. The van der Waals surface area contributed by atoms with E-state index >= 15 is 0 Å². The molecule has 0 amide bonds. The van der Waals surface area contributed by atoms with Crippen molar-refractivity contribution in [1.29, 1.82) is 0 Å². The fourth-order valence-corrected chi connectivity index (χ4v) is 4.20. The van der Waals surface area contributed by atoms with Crippen LogP contribution >= 0.6 is 0 Å². The van der Waals surface area contributed by atoms with Gasteiger partial charge in [-0.3, -0.25) is 0 Å². The number of benzene rings is 1. The molecule has 0 saturated carbocycles. The maximum Gasteiger partial charge on any atom is 0.243 e. The highest BCUT2D eigenvalue weighted by atomic mass is 32.2. The van der Waals surface area contributed by atoms with E-state index in [0.29, 0.717) is 25.1 Å². The van der Waals surface area contributed by atoms with Crippen molar-refractivity contribution in [2.24, 2.45) is 0 Å². The van der Waals surface area contributed by atoms with E-state index in [1.54, 1.807) is 18.2 Å². The second-order valence-corrected chi connectivity index (χ2v) is 6.98. The molecule has 6 heteroatoms. The summed E-state index contributed by atoms with van der Waals surface area (Å²) in [6, 6.07) is 6.33. The summed E-state index contributed by atoms with van der Waals surface area (Å²) >= 11 is 0. The first-order valence-corrected chi connectivity index (χ1v) is 8.26. The summed E-state index contributed by atoms with van der Waals surface area (Å²) in [5.74, 6) is 0. The Morgan fingerprint density at radius 2 is 2.20 bits per heavy atom. The Kier molecular flexibility index (Phi) is 4.80. The Bertz CT molecular complexity index is 558. The van der Waals surface area contributed by atoms with Crippen molar-refractivity contribution in [1.82, 2.24) is 4.31 Å². The number of ether oxygens (including phenoxy) is 1. The molecule has 5 nitrogen and oxygen atoms in total. The van der Waals surface area contributed by atoms with Crippen molar-refractivity contribution >= 4 is 10.0 Å². The lowest BCUT2D eigenvalue weighted by Gasteiger charge is -2.37. The van der Waals surface area contributed by atoms with Crippen LogP contribution in [0.3, 0.4) is 0 Å². The van der Waals surface area contributed by atoms with Gasteiger partial charge in [0.15, 0.2) is 0 Å². The quantitative estimate of drug-likeness (QED) is 0.912. The van der Waals surface area contributed by atoms with Crippen LogP contribution in [0.25, 0.3) is 0 Å². The third-order valence-corrected chi connectivity index (χ3v) is 5.49. The minimum absolute atomic E-state index is 0.103. The van der Waals surface area contributed by atoms with E-state index in [1.807, 2.05) is 13.8 Å². The fourth-order valence-electron chi connectivity index (χ4n) is 2.37. The van der Waals surface area contributed by atoms with Gasteiger partial charge in [-0.05, 0) is 31.0 Å². The first-order valence-electron chi connectivity index (χ1n) is 6.82. The molecule has 1 N–H and O–H groups in total. The van der Waals surface area contributed by atoms with E-state index in [-0.39, 0.29) is 23.6 Å². The largest absolute Gasteiger partial charge is 0.392 e. The van der Waals surface area contributed by atoms with Gasteiger partial charge in [0.05, 0.1) is 24.2 Å². The SMILES string of the molecule is CCC1COC(C)CN1S(=O)(=O)c1cccc(CO)c1. The van der Waals surface area contributed by atoms with Crippen LogP contribution in [-0.4, -0.2) is 43.1 Å². The summed E-state index contributed by atoms with van der Waals surface area (Å²) < 4.78 is 32.6. The first-order chi connectivity index (χ1) is 9.48. The molecule has 20 heavy (non-hydrogen) atoms. The van der Waals surface area contributed by atoms with Gasteiger partial charge in [-0.15, -0.1) is 0 Å². The molecular formula is C14H21NO4S. The Morgan fingerprint density at radius 1 is 1.45 bits per heavy atom. The topological polar surface area (TPSA) is 66.8 Å². The molecule has 1 heterocycles. The van der Waals surface area contributed by atoms with Crippen molar-refractivity contribution < 1.29 is 18.3 Å². The van der Waals surface area contributed by atoms with Crippen LogP contribution in [0.2, 0.25) is 0 Å². The molecule has 0 aliphatic carbocycles. The number of aliphatic hydroxyl groups is 1. The fraction of sp³-hybridized carbons (Fsp3) is 0.571. The van der Waals surface area contributed by atoms with Crippen LogP contribution in [0.1, 0.15) is 25.8 Å². The normalized spacial score (nSPS) is 24.8. The molecule has 112 valence electrons. The highest BCUT2D eigenvalue weighted by Crippen LogP contribution is 2.24. The molecule has 0 bridgehead atoms. The van der Waals surface area contributed by atoms with Gasteiger partial charge in [-0.2, -0.15) is 4.31 Å². The lowest BCUT2D eigenvalue weighted by atomic mass is 10.2. The number of sulfonamides is 1. The highest BCUT2D eigenvalue weighted by Gasteiger charge is 2.35. The zero-order valence-corrected chi connectivity index (χ0v) is 12.6. The summed E-state index contributed by atoms with van der Waals surface area (Å²) in [4.78, 5) is 0.233. The van der Waals surface area contributed by atoms with E-state index in [9.17, 15) is 8.42 Å². The van der Waals surface area contributed by atoms with E-state index in [1.165, 1.54) is 10.4 Å². The smallest absolute Gasteiger partial charge is 0.243 e. The second kappa shape index (κ2) is 6.22. The minimum Gasteiger partial charge on any atom is -0.392 e. The number of hydrogen-bond donors (Lipinski definition) is 1. The van der Waals surface area contributed by atoms with Gasteiger partial charge < -0.3 is 9.84 Å². The zero-order valence-electron chi connectivity index (χ0n) is 11.8. The van der Waals surface area contributed by atoms with E-state index in [4.69, 9.17) is 9.84 Å². The van der Waals surface area contributed by atoms with Gasteiger partial charge in [0.2, 0.25) is 10.0 Å². The van der Waals surface area contributed by atoms with Crippen LogP contribution in [0.5, 0.6) is 0 Å². The monoisotopic (exact) mass is 299 g/mol. The van der Waals surface area contributed by atoms with Crippen LogP contribution in [-0.2, 0) is 21.4 Å². The van der Waals surface area contributed by atoms with Gasteiger partial charge in [0.1, 0.15) is 0 Å². The van der Waals surface area contributed by atoms with Crippen molar-refractivity contribution in [2.75, 3.05) is 13.2 Å². The van der Waals surface area contributed by atoms with E-state index in [2.05, 4.69) is 0 Å². The molecule has 1 aliphatic heterocycles. The van der Waals surface area contributed by atoms with Crippen LogP contribution < -0.4 is 0 Å². The molecule has 0 radical (unpaired) electrons. The van der Waals surface area contributed by atoms with Crippen molar-refractivity contribution in [3.05, 3.63) is 29.8 Å². The Hall–Kier alpha value is -0.950. The van der Waals surface area contributed by atoms with Crippen LogP contribution in [0.4, 0.5) is 0 Å². The molecule has 1 saturated heterocycles.